The number of halogens is 2. The summed E-state index contributed by atoms with van der Waals surface area (Å²) in [4.78, 5) is 38.1. The van der Waals surface area contributed by atoms with Crippen molar-refractivity contribution in [3.8, 4) is 0 Å². The molecule has 27 heavy (non-hydrogen) atoms. The molecule has 1 fully saturated rings. The number of carbonyl (C=O) groups is 3. The molecule has 1 N–H and O–H groups in total. The lowest BCUT2D eigenvalue weighted by molar-refractivity contribution is -0.122. The Hall–Kier alpha value is -2.20. The van der Waals surface area contributed by atoms with E-state index in [1.165, 1.54) is 12.1 Å². The molecule has 5 nitrogen and oxygen atoms in total. The van der Waals surface area contributed by atoms with Gasteiger partial charge < -0.3 is 5.32 Å². The summed E-state index contributed by atoms with van der Waals surface area (Å²) in [5.74, 6) is -1.34. The molecule has 138 valence electrons. The molecule has 0 aliphatic carbocycles. The van der Waals surface area contributed by atoms with Crippen LogP contribution in [0.1, 0.15) is 15.9 Å². The second-order valence-corrected chi connectivity index (χ2v) is 7.78. The van der Waals surface area contributed by atoms with Gasteiger partial charge in [0.15, 0.2) is 0 Å². The summed E-state index contributed by atoms with van der Waals surface area (Å²) in [6.45, 7) is 0.135. The first-order valence-corrected chi connectivity index (χ1v) is 9.89. The van der Waals surface area contributed by atoms with Crippen LogP contribution in [-0.4, -0.2) is 35.0 Å². The Labute approximate surface area is 173 Å². The van der Waals surface area contributed by atoms with E-state index in [9.17, 15) is 18.8 Å². The zero-order valence-corrected chi connectivity index (χ0v) is 16.9. The fourth-order valence-electron chi connectivity index (χ4n) is 2.44. The maximum Gasteiger partial charge on any atom is 0.293 e. The zero-order valence-electron chi connectivity index (χ0n) is 13.9. The van der Waals surface area contributed by atoms with E-state index in [2.05, 4.69) is 5.32 Å². The second kappa shape index (κ2) is 8.66. The minimum Gasteiger partial charge on any atom is -0.350 e. The van der Waals surface area contributed by atoms with Crippen molar-refractivity contribution < 1.29 is 18.8 Å². The summed E-state index contributed by atoms with van der Waals surface area (Å²) >= 11 is 2.82. The third-order valence-electron chi connectivity index (χ3n) is 3.76. The molecule has 0 atom stereocenters. The smallest absolute Gasteiger partial charge is 0.293 e. The molecule has 2 aromatic carbocycles. The molecule has 1 aliphatic heterocycles. The number of benzene rings is 2. The lowest BCUT2D eigenvalue weighted by Gasteiger charge is -2.13. The highest BCUT2D eigenvalue weighted by molar-refractivity contribution is 14.1. The van der Waals surface area contributed by atoms with Crippen LogP contribution in [0.3, 0.4) is 0 Å². The zero-order chi connectivity index (χ0) is 19.4. The highest BCUT2D eigenvalue weighted by Gasteiger charge is 2.34. The maximum atomic E-state index is 13.3. The molecule has 0 unspecified atom stereocenters. The normalized spacial score (nSPS) is 15.5. The Bertz CT molecular complexity index is 934. The van der Waals surface area contributed by atoms with E-state index >= 15 is 0 Å². The molecule has 8 heteroatoms. The van der Waals surface area contributed by atoms with Gasteiger partial charge in [0, 0.05) is 16.7 Å². The van der Waals surface area contributed by atoms with Gasteiger partial charge in [-0.3, -0.25) is 19.3 Å². The Kier molecular flexibility index (Phi) is 6.27. The molecule has 0 spiro atoms. The highest BCUT2D eigenvalue weighted by atomic mass is 127. The van der Waals surface area contributed by atoms with Crippen molar-refractivity contribution in [1.29, 1.82) is 0 Å². The van der Waals surface area contributed by atoms with Crippen molar-refractivity contribution in [1.82, 2.24) is 10.2 Å². The summed E-state index contributed by atoms with van der Waals surface area (Å²) < 4.78 is 13.9. The largest absolute Gasteiger partial charge is 0.350 e. The van der Waals surface area contributed by atoms with E-state index in [-0.39, 0.29) is 29.8 Å². The van der Waals surface area contributed by atoms with Crippen molar-refractivity contribution in [2.75, 3.05) is 13.1 Å². The summed E-state index contributed by atoms with van der Waals surface area (Å²) in [6, 6.07) is 13.2. The Morgan fingerprint density at radius 1 is 1.19 bits per heavy atom. The lowest BCUT2D eigenvalue weighted by Crippen LogP contribution is -2.37. The van der Waals surface area contributed by atoms with Gasteiger partial charge >= 0.3 is 0 Å². The second-order valence-electron chi connectivity index (χ2n) is 5.62. The molecule has 1 saturated heterocycles. The van der Waals surface area contributed by atoms with Crippen LogP contribution in [0.15, 0.2) is 53.4 Å². The predicted octanol–water partition coefficient (Wildman–Crippen LogP) is 3.90. The number of rotatable bonds is 5. The first-order valence-electron chi connectivity index (χ1n) is 7.99. The molecule has 3 amide bonds. The van der Waals surface area contributed by atoms with Gasteiger partial charge in [0.05, 0.1) is 10.5 Å². The van der Waals surface area contributed by atoms with Crippen LogP contribution in [0.4, 0.5) is 9.18 Å². The number of hydrogen-bond donors (Lipinski definition) is 1. The number of carbonyl (C=O) groups excluding carboxylic acids is 3. The van der Waals surface area contributed by atoms with Gasteiger partial charge in [-0.25, -0.2) is 4.39 Å². The van der Waals surface area contributed by atoms with E-state index in [0.717, 1.165) is 28.3 Å². The average Bonchev–Trinajstić information content (AvgIpc) is 2.91. The highest BCUT2D eigenvalue weighted by Crippen LogP contribution is 2.31. The molecule has 1 aliphatic rings. The summed E-state index contributed by atoms with van der Waals surface area (Å²) in [5.41, 5.74) is 1.05. The van der Waals surface area contributed by atoms with Gasteiger partial charge in [0.1, 0.15) is 5.82 Å². The SMILES string of the molecule is O=C(NCCN1C(=O)S/C(=C/c2ccccc2)C1=O)c1cc(F)ccc1I. The van der Waals surface area contributed by atoms with E-state index in [1.54, 1.807) is 6.08 Å². The Balaban J connectivity index is 1.60. The average molecular weight is 496 g/mol. The van der Waals surface area contributed by atoms with Crippen LogP contribution < -0.4 is 5.32 Å². The maximum absolute atomic E-state index is 13.3. The van der Waals surface area contributed by atoms with Gasteiger partial charge in [-0.05, 0) is 64.2 Å². The minimum absolute atomic E-state index is 0.0500. The number of imide groups is 1. The molecular formula is C19H14FIN2O3S. The molecule has 0 aromatic heterocycles. The standard InChI is InChI=1S/C19H14FIN2O3S/c20-13-6-7-15(21)14(11-13)17(24)22-8-9-23-18(25)16(27-19(23)26)10-12-4-2-1-3-5-12/h1-7,10-11H,8-9H2,(H,22,24)/b16-10+. The first-order chi connectivity index (χ1) is 13.0. The number of hydrogen-bond acceptors (Lipinski definition) is 4. The van der Waals surface area contributed by atoms with Gasteiger partial charge in [-0.1, -0.05) is 30.3 Å². The molecule has 0 radical (unpaired) electrons. The van der Waals surface area contributed by atoms with Crippen LogP contribution in [0.5, 0.6) is 0 Å². The number of nitrogens with zero attached hydrogens (tertiary/aromatic N) is 1. The monoisotopic (exact) mass is 496 g/mol. The Morgan fingerprint density at radius 2 is 1.93 bits per heavy atom. The first kappa shape index (κ1) is 19.6. The number of nitrogens with one attached hydrogen (secondary N) is 1. The molecule has 0 bridgehead atoms. The predicted molar refractivity (Wildman–Crippen MR) is 111 cm³/mol. The van der Waals surface area contributed by atoms with E-state index < -0.39 is 11.7 Å². The van der Waals surface area contributed by atoms with Gasteiger partial charge in [-0.2, -0.15) is 0 Å². The quantitative estimate of drug-likeness (QED) is 0.504. The fraction of sp³-hybridized carbons (Fsp3) is 0.105. The molecular weight excluding hydrogens is 482 g/mol. The molecule has 2 aromatic rings. The van der Waals surface area contributed by atoms with E-state index in [4.69, 9.17) is 0 Å². The van der Waals surface area contributed by atoms with Crippen molar-refractivity contribution in [3.63, 3.8) is 0 Å². The van der Waals surface area contributed by atoms with Crippen LogP contribution in [-0.2, 0) is 4.79 Å². The third-order valence-corrected chi connectivity index (χ3v) is 5.61. The van der Waals surface area contributed by atoms with Gasteiger partial charge in [0.25, 0.3) is 17.1 Å². The lowest BCUT2D eigenvalue weighted by atomic mass is 10.2. The summed E-state index contributed by atoms with van der Waals surface area (Å²) in [5, 5.41) is 2.24. The molecule has 0 saturated carbocycles. The van der Waals surface area contributed by atoms with Crippen molar-refractivity contribution in [3.05, 3.63) is 74.0 Å². The van der Waals surface area contributed by atoms with Gasteiger partial charge in [0.2, 0.25) is 0 Å². The third kappa shape index (κ3) is 4.75. The summed E-state index contributed by atoms with van der Waals surface area (Å²) in [6.07, 6.45) is 1.67. The van der Waals surface area contributed by atoms with Crippen molar-refractivity contribution in [2.24, 2.45) is 0 Å². The number of thioether (sulfide) groups is 1. The fourth-order valence-corrected chi connectivity index (χ4v) is 3.89. The van der Waals surface area contributed by atoms with E-state index in [1.807, 2.05) is 52.9 Å². The van der Waals surface area contributed by atoms with Crippen LogP contribution in [0, 0.1) is 9.39 Å². The van der Waals surface area contributed by atoms with Crippen molar-refractivity contribution in [2.45, 2.75) is 0 Å². The topological polar surface area (TPSA) is 66.5 Å². The van der Waals surface area contributed by atoms with Gasteiger partial charge in [-0.15, -0.1) is 0 Å². The Morgan fingerprint density at radius 3 is 2.67 bits per heavy atom. The minimum atomic E-state index is -0.502. The van der Waals surface area contributed by atoms with Crippen molar-refractivity contribution >= 4 is 57.5 Å². The van der Waals surface area contributed by atoms with Crippen LogP contribution >= 0.6 is 34.4 Å². The summed E-state index contributed by atoms with van der Waals surface area (Å²) in [7, 11) is 0. The van der Waals surface area contributed by atoms with Crippen LogP contribution in [0.25, 0.3) is 6.08 Å². The molecule has 3 rings (SSSR count). The molecule has 1 heterocycles. The van der Waals surface area contributed by atoms with E-state index in [0.29, 0.717) is 8.48 Å². The number of amides is 3. The van der Waals surface area contributed by atoms with Crippen LogP contribution in [0.2, 0.25) is 0 Å².